The van der Waals surface area contributed by atoms with E-state index in [0.29, 0.717) is 0 Å². The van der Waals surface area contributed by atoms with Gasteiger partial charge in [0, 0.05) is 16.9 Å². The van der Waals surface area contributed by atoms with Gasteiger partial charge in [0.25, 0.3) is 5.91 Å². The molecule has 0 aliphatic heterocycles. The summed E-state index contributed by atoms with van der Waals surface area (Å²) in [5.74, 6) is -0.0569. The maximum atomic E-state index is 12.5. The molecule has 0 bridgehead atoms. The van der Waals surface area contributed by atoms with Crippen molar-refractivity contribution >= 4 is 11.6 Å². The van der Waals surface area contributed by atoms with Crippen molar-refractivity contribution in [2.24, 2.45) is 0 Å². The minimum Gasteiger partial charge on any atom is -0.376 e. The Labute approximate surface area is 138 Å². The standard InChI is InChI=1S/C19H25N3O/c1-12(2)9-17-15(5)21-22(16(17)6)19(23)11-20-18-8-7-13(3)10-14(18)4/h7-8,10,20H,1,9,11H2,2-6H3. The molecule has 0 saturated carbocycles. The molecule has 0 atom stereocenters. The smallest absolute Gasteiger partial charge is 0.266 e. The Kier molecular flexibility index (Phi) is 5.04. The minimum absolute atomic E-state index is 0.0569. The van der Waals surface area contributed by atoms with Gasteiger partial charge in [0.15, 0.2) is 0 Å². The van der Waals surface area contributed by atoms with Crippen molar-refractivity contribution in [1.82, 2.24) is 9.78 Å². The van der Waals surface area contributed by atoms with Crippen molar-refractivity contribution in [3.05, 3.63) is 58.4 Å². The Hall–Kier alpha value is -2.36. The molecule has 4 nitrogen and oxygen atoms in total. The van der Waals surface area contributed by atoms with E-state index in [1.807, 2.05) is 39.8 Å². The number of allylic oxidation sites excluding steroid dienone is 1. The highest BCUT2D eigenvalue weighted by Crippen LogP contribution is 2.18. The van der Waals surface area contributed by atoms with Crippen molar-refractivity contribution in [2.45, 2.75) is 41.0 Å². The summed E-state index contributed by atoms with van der Waals surface area (Å²) in [5, 5.41) is 7.61. The van der Waals surface area contributed by atoms with Gasteiger partial charge in [-0.25, -0.2) is 4.68 Å². The lowest BCUT2D eigenvalue weighted by molar-refractivity contribution is 0.0910. The molecule has 1 N–H and O–H groups in total. The van der Waals surface area contributed by atoms with Crippen molar-refractivity contribution < 1.29 is 4.79 Å². The van der Waals surface area contributed by atoms with E-state index in [1.54, 1.807) is 0 Å². The SMILES string of the molecule is C=C(C)Cc1c(C)nn(C(=O)CNc2ccc(C)cc2C)c1C. The lowest BCUT2D eigenvalue weighted by Gasteiger charge is -2.10. The quantitative estimate of drug-likeness (QED) is 0.849. The number of aromatic nitrogens is 2. The molecule has 0 aliphatic carbocycles. The first-order valence-corrected chi connectivity index (χ1v) is 7.83. The third kappa shape index (κ3) is 3.89. The molecule has 2 rings (SSSR count). The molecule has 0 spiro atoms. The van der Waals surface area contributed by atoms with Gasteiger partial charge in [-0.3, -0.25) is 4.79 Å². The van der Waals surface area contributed by atoms with Crippen LogP contribution in [0.2, 0.25) is 0 Å². The van der Waals surface area contributed by atoms with Gasteiger partial charge in [-0.1, -0.05) is 29.8 Å². The molecular formula is C19H25N3O. The number of carbonyl (C=O) groups is 1. The number of anilines is 1. The summed E-state index contributed by atoms with van der Waals surface area (Å²) in [6.45, 7) is 14.1. The van der Waals surface area contributed by atoms with Crippen LogP contribution in [0.1, 0.15) is 39.8 Å². The van der Waals surface area contributed by atoms with Crippen molar-refractivity contribution in [3.8, 4) is 0 Å². The average Bonchev–Trinajstić information content (AvgIpc) is 2.74. The minimum atomic E-state index is -0.0569. The first-order valence-electron chi connectivity index (χ1n) is 7.83. The van der Waals surface area contributed by atoms with Crippen LogP contribution in [0.15, 0.2) is 30.4 Å². The van der Waals surface area contributed by atoms with E-state index in [2.05, 4.69) is 30.0 Å². The molecule has 0 saturated heterocycles. The average molecular weight is 311 g/mol. The predicted molar refractivity (Wildman–Crippen MR) is 95.3 cm³/mol. The molecule has 0 aliphatic rings. The number of carbonyl (C=O) groups excluding carboxylic acids is 1. The van der Waals surface area contributed by atoms with Gasteiger partial charge in [0.05, 0.1) is 12.2 Å². The van der Waals surface area contributed by atoms with Gasteiger partial charge in [-0.2, -0.15) is 5.10 Å². The van der Waals surface area contributed by atoms with Gasteiger partial charge < -0.3 is 5.32 Å². The van der Waals surface area contributed by atoms with Crippen LogP contribution in [0.25, 0.3) is 0 Å². The topological polar surface area (TPSA) is 46.9 Å². The lowest BCUT2D eigenvalue weighted by Crippen LogP contribution is -2.23. The summed E-state index contributed by atoms with van der Waals surface area (Å²) < 4.78 is 1.50. The Balaban J connectivity index is 2.13. The summed E-state index contributed by atoms with van der Waals surface area (Å²) in [6.07, 6.45) is 0.759. The number of nitrogens with zero attached hydrogens (tertiary/aromatic N) is 2. The van der Waals surface area contributed by atoms with Crippen molar-refractivity contribution in [1.29, 1.82) is 0 Å². The molecule has 23 heavy (non-hydrogen) atoms. The fourth-order valence-corrected chi connectivity index (χ4v) is 2.73. The van der Waals surface area contributed by atoms with E-state index in [4.69, 9.17) is 0 Å². The first kappa shape index (κ1) is 17.0. The zero-order valence-corrected chi connectivity index (χ0v) is 14.7. The molecule has 4 heteroatoms. The number of aryl methyl sites for hydroxylation is 3. The third-order valence-corrected chi connectivity index (χ3v) is 3.97. The van der Waals surface area contributed by atoms with Crippen LogP contribution in [0.5, 0.6) is 0 Å². The van der Waals surface area contributed by atoms with Crippen LogP contribution < -0.4 is 5.32 Å². The fraction of sp³-hybridized carbons (Fsp3) is 0.368. The van der Waals surface area contributed by atoms with Crippen molar-refractivity contribution in [2.75, 3.05) is 11.9 Å². The van der Waals surface area contributed by atoms with Gasteiger partial charge >= 0.3 is 0 Å². The molecule has 0 fully saturated rings. The fourth-order valence-electron chi connectivity index (χ4n) is 2.73. The van der Waals surface area contributed by atoms with E-state index >= 15 is 0 Å². The Morgan fingerprint density at radius 1 is 1.26 bits per heavy atom. The summed E-state index contributed by atoms with van der Waals surface area (Å²) in [4.78, 5) is 12.5. The van der Waals surface area contributed by atoms with Gasteiger partial charge in [-0.15, -0.1) is 0 Å². The molecule has 122 valence electrons. The second kappa shape index (κ2) is 6.82. The monoisotopic (exact) mass is 311 g/mol. The molecule has 0 amide bonds. The Morgan fingerprint density at radius 3 is 2.57 bits per heavy atom. The second-order valence-corrected chi connectivity index (χ2v) is 6.26. The molecule has 0 unspecified atom stereocenters. The van der Waals surface area contributed by atoms with Crippen LogP contribution in [-0.4, -0.2) is 22.2 Å². The highest BCUT2D eigenvalue weighted by Gasteiger charge is 2.16. The van der Waals surface area contributed by atoms with Crippen LogP contribution in [0.4, 0.5) is 5.69 Å². The second-order valence-electron chi connectivity index (χ2n) is 6.26. The van der Waals surface area contributed by atoms with Crippen LogP contribution in [0, 0.1) is 27.7 Å². The van der Waals surface area contributed by atoms with Gasteiger partial charge in [0.2, 0.25) is 0 Å². The van der Waals surface area contributed by atoms with E-state index < -0.39 is 0 Å². The van der Waals surface area contributed by atoms with Crippen LogP contribution in [-0.2, 0) is 6.42 Å². The van der Waals surface area contributed by atoms with Crippen LogP contribution in [0.3, 0.4) is 0 Å². The summed E-state index contributed by atoms with van der Waals surface area (Å²) in [6, 6.07) is 6.14. The maximum absolute atomic E-state index is 12.5. The molecule has 2 aromatic rings. The summed E-state index contributed by atoms with van der Waals surface area (Å²) in [7, 11) is 0. The highest BCUT2D eigenvalue weighted by atomic mass is 16.2. The third-order valence-electron chi connectivity index (χ3n) is 3.97. The number of nitrogens with one attached hydrogen (secondary N) is 1. The molecular weight excluding hydrogens is 286 g/mol. The zero-order chi connectivity index (χ0) is 17.1. The predicted octanol–water partition coefficient (Wildman–Crippen LogP) is 3.99. The number of hydrogen-bond donors (Lipinski definition) is 1. The molecule has 0 radical (unpaired) electrons. The lowest BCUT2D eigenvalue weighted by atomic mass is 10.1. The number of hydrogen-bond acceptors (Lipinski definition) is 3. The van der Waals surface area contributed by atoms with E-state index in [1.165, 1.54) is 10.2 Å². The van der Waals surface area contributed by atoms with E-state index in [0.717, 1.165) is 40.2 Å². The van der Waals surface area contributed by atoms with Gasteiger partial charge in [-0.05, 0) is 52.7 Å². The molecule has 1 aromatic carbocycles. The summed E-state index contributed by atoms with van der Waals surface area (Å²) >= 11 is 0. The van der Waals surface area contributed by atoms with E-state index in [-0.39, 0.29) is 12.5 Å². The Morgan fingerprint density at radius 2 is 1.96 bits per heavy atom. The number of rotatable bonds is 5. The van der Waals surface area contributed by atoms with Crippen LogP contribution >= 0.6 is 0 Å². The first-order chi connectivity index (χ1) is 10.8. The Bertz CT molecular complexity index is 756. The molecule has 1 heterocycles. The zero-order valence-electron chi connectivity index (χ0n) is 14.7. The highest BCUT2D eigenvalue weighted by molar-refractivity contribution is 5.83. The normalized spacial score (nSPS) is 10.7. The number of benzene rings is 1. The summed E-state index contributed by atoms with van der Waals surface area (Å²) in [5.41, 5.74) is 7.28. The van der Waals surface area contributed by atoms with Crippen molar-refractivity contribution in [3.63, 3.8) is 0 Å². The maximum Gasteiger partial charge on any atom is 0.266 e. The van der Waals surface area contributed by atoms with Gasteiger partial charge in [0.1, 0.15) is 0 Å². The largest absolute Gasteiger partial charge is 0.376 e. The molecule has 1 aromatic heterocycles. The van der Waals surface area contributed by atoms with E-state index in [9.17, 15) is 4.79 Å².